The van der Waals surface area contributed by atoms with Crippen LogP contribution in [0.15, 0.2) is 12.4 Å². The van der Waals surface area contributed by atoms with Crippen LogP contribution in [0.4, 0.5) is 5.69 Å². The smallest absolute Gasteiger partial charge is 0.241 e. The third-order valence-corrected chi connectivity index (χ3v) is 3.59. The molecule has 0 aliphatic carbocycles. The SMILES string of the molecule is CC1CCN(CCNC(=O)Cn2cc(N)cn2)CC1. The number of nitrogens with one attached hydrogen (secondary N) is 1. The Kier molecular flexibility index (Phi) is 4.79. The number of hydrogen-bond acceptors (Lipinski definition) is 4. The van der Waals surface area contributed by atoms with Gasteiger partial charge in [0, 0.05) is 19.3 Å². The first kappa shape index (κ1) is 13.9. The molecular weight excluding hydrogens is 242 g/mol. The summed E-state index contributed by atoms with van der Waals surface area (Å²) in [6.07, 6.45) is 5.73. The monoisotopic (exact) mass is 265 g/mol. The largest absolute Gasteiger partial charge is 0.396 e. The van der Waals surface area contributed by atoms with Gasteiger partial charge in [-0.15, -0.1) is 0 Å². The Morgan fingerprint density at radius 1 is 1.53 bits per heavy atom. The molecule has 0 spiro atoms. The molecule has 19 heavy (non-hydrogen) atoms. The van der Waals surface area contributed by atoms with Crippen molar-refractivity contribution >= 4 is 11.6 Å². The van der Waals surface area contributed by atoms with Crippen molar-refractivity contribution in [1.29, 1.82) is 0 Å². The molecule has 0 bridgehead atoms. The van der Waals surface area contributed by atoms with Crippen molar-refractivity contribution in [3.05, 3.63) is 12.4 Å². The van der Waals surface area contributed by atoms with E-state index >= 15 is 0 Å². The molecule has 0 aromatic carbocycles. The molecule has 1 fully saturated rings. The molecule has 1 aromatic heterocycles. The van der Waals surface area contributed by atoms with E-state index in [2.05, 4.69) is 22.2 Å². The Morgan fingerprint density at radius 2 is 2.26 bits per heavy atom. The van der Waals surface area contributed by atoms with Crippen molar-refractivity contribution in [2.75, 3.05) is 31.9 Å². The molecule has 0 radical (unpaired) electrons. The van der Waals surface area contributed by atoms with E-state index in [1.54, 1.807) is 17.1 Å². The van der Waals surface area contributed by atoms with E-state index in [-0.39, 0.29) is 12.5 Å². The lowest BCUT2D eigenvalue weighted by molar-refractivity contribution is -0.121. The summed E-state index contributed by atoms with van der Waals surface area (Å²) in [4.78, 5) is 14.1. The quantitative estimate of drug-likeness (QED) is 0.803. The molecule has 1 aliphatic rings. The summed E-state index contributed by atoms with van der Waals surface area (Å²) in [6.45, 7) is 6.45. The highest BCUT2D eigenvalue weighted by Crippen LogP contribution is 2.14. The number of anilines is 1. The van der Waals surface area contributed by atoms with Crippen LogP contribution in [0.1, 0.15) is 19.8 Å². The standard InChI is InChI=1S/C13H23N5O/c1-11-2-5-17(6-3-11)7-4-15-13(19)10-18-9-12(14)8-16-18/h8-9,11H,2-7,10,14H2,1H3,(H,15,19). The van der Waals surface area contributed by atoms with Crippen molar-refractivity contribution < 1.29 is 4.79 Å². The normalized spacial score (nSPS) is 17.5. The lowest BCUT2D eigenvalue weighted by Crippen LogP contribution is -2.40. The highest BCUT2D eigenvalue weighted by molar-refractivity contribution is 5.75. The van der Waals surface area contributed by atoms with Crippen LogP contribution in [0.3, 0.4) is 0 Å². The third-order valence-electron chi connectivity index (χ3n) is 3.59. The number of carbonyl (C=O) groups excluding carboxylic acids is 1. The van der Waals surface area contributed by atoms with Gasteiger partial charge in [0.25, 0.3) is 0 Å². The van der Waals surface area contributed by atoms with Gasteiger partial charge in [-0.25, -0.2) is 0 Å². The Balaban J connectivity index is 1.61. The van der Waals surface area contributed by atoms with E-state index in [0.717, 1.165) is 25.6 Å². The molecule has 2 rings (SSSR count). The number of amides is 1. The lowest BCUT2D eigenvalue weighted by atomic mass is 9.99. The number of nitrogens with zero attached hydrogens (tertiary/aromatic N) is 3. The number of aromatic nitrogens is 2. The molecule has 6 heteroatoms. The van der Waals surface area contributed by atoms with Gasteiger partial charge in [0.1, 0.15) is 6.54 Å². The van der Waals surface area contributed by atoms with Crippen molar-refractivity contribution in [2.45, 2.75) is 26.3 Å². The zero-order chi connectivity index (χ0) is 13.7. The molecule has 2 heterocycles. The Hall–Kier alpha value is -1.56. The first-order valence-electron chi connectivity index (χ1n) is 6.90. The van der Waals surface area contributed by atoms with E-state index in [9.17, 15) is 4.79 Å². The average Bonchev–Trinajstić information content (AvgIpc) is 2.77. The van der Waals surface area contributed by atoms with E-state index in [4.69, 9.17) is 5.73 Å². The van der Waals surface area contributed by atoms with E-state index < -0.39 is 0 Å². The molecule has 0 unspecified atom stereocenters. The van der Waals surface area contributed by atoms with Gasteiger partial charge in [-0.2, -0.15) is 5.10 Å². The second-order valence-electron chi connectivity index (χ2n) is 5.35. The van der Waals surface area contributed by atoms with Gasteiger partial charge < -0.3 is 16.0 Å². The van der Waals surface area contributed by atoms with Crippen LogP contribution in [0.5, 0.6) is 0 Å². The van der Waals surface area contributed by atoms with Gasteiger partial charge in [0.05, 0.1) is 11.9 Å². The van der Waals surface area contributed by atoms with Crippen LogP contribution in [0.25, 0.3) is 0 Å². The molecule has 1 amide bonds. The number of hydrogen-bond donors (Lipinski definition) is 2. The average molecular weight is 265 g/mol. The lowest BCUT2D eigenvalue weighted by Gasteiger charge is -2.30. The summed E-state index contributed by atoms with van der Waals surface area (Å²) in [7, 11) is 0. The van der Waals surface area contributed by atoms with Gasteiger partial charge >= 0.3 is 0 Å². The van der Waals surface area contributed by atoms with Crippen molar-refractivity contribution in [1.82, 2.24) is 20.0 Å². The number of nitrogens with two attached hydrogens (primary N) is 1. The molecule has 3 N–H and O–H groups in total. The summed E-state index contributed by atoms with van der Waals surface area (Å²) < 4.78 is 1.55. The predicted molar refractivity (Wildman–Crippen MR) is 74.5 cm³/mol. The van der Waals surface area contributed by atoms with Crippen molar-refractivity contribution in [3.63, 3.8) is 0 Å². The maximum Gasteiger partial charge on any atom is 0.241 e. The first-order chi connectivity index (χ1) is 9.13. The Morgan fingerprint density at radius 3 is 2.89 bits per heavy atom. The van der Waals surface area contributed by atoms with Crippen LogP contribution < -0.4 is 11.1 Å². The van der Waals surface area contributed by atoms with Gasteiger partial charge in [0.15, 0.2) is 0 Å². The Labute approximate surface area is 113 Å². The molecular formula is C13H23N5O. The fraction of sp³-hybridized carbons (Fsp3) is 0.692. The van der Waals surface area contributed by atoms with Crippen molar-refractivity contribution in [2.24, 2.45) is 5.92 Å². The molecule has 106 valence electrons. The van der Waals surface area contributed by atoms with Crippen LogP contribution >= 0.6 is 0 Å². The highest BCUT2D eigenvalue weighted by Gasteiger charge is 2.15. The zero-order valence-corrected chi connectivity index (χ0v) is 11.5. The second kappa shape index (κ2) is 6.56. The number of piperidine rings is 1. The van der Waals surface area contributed by atoms with Gasteiger partial charge in [0.2, 0.25) is 5.91 Å². The Bertz CT molecular complexity index is 409. The summed E-state index contributed by atoms with van der Waals surface area (Å²) in [5.74, 6) is 0.824. The topological polar surface area (TPSA) is 76.2 Å². The van der Waals surface area contributed by atoms with Crippen LogP contribution in [-0.4, -0.2) is 46.8 Å². The van der Waals surface area contributed by atoms with E-state index in [1.807, 2.05) is 0 Å². The van der Waals surface area contributed by atoms with Crippen LogP contribution in [0.2, 0.25) is 0 Å². The number of rotatable bonds is 5. The molecule has 0 saturated carbocycles. The highest BCUT2D eigenvalue weighted by atomic mass is 16.2. The van der Waals surface area contributed by atoms with Crippen LogP contribution in [-0.2, 0) is 11.3 Å². The minimum Gasteiger partial charge on any atom is -0.396 e. The van der Waals surface area contributed by atoms with Gasteiger partial charge in [-0.3, -0.25) is 9.48 Å². The summed E-state index contributed by atoms with van der Waals surface area (Å²) >= 11 is 0. The van der Waals surface area contributed by atoms with Gasteiger partial charge in [-0.1, -0.05) is 6.92 Å². The summed E-state index contributed by atoms with van der Waals surface area (Å²) in [5.41, 5.74) is 6.12. The van der Waals surface area contributed by atoms with Crippen molar-refractivity contribution in [3.8, 4) is 0 Å². The third kappa shape index (κ3) is 4.55. The number of likely N-dealkylation sites (tertiary alicyclic amines) is 1. The minimum absolute atomic E-state index is 0.0199. The first-order valence-corrected chi connectivity index (χ1v) is 6.90. The minimum atomic E-state index is -0.0199. The molecule has 1 aliphatic heterocycles. The molecule has 6 nitrogen and oxygen atoms in total. The molecule has 0 atom stereocenters. The maximum absolute atomic E-state index is 11.7. The summed E-state index contributed by atoms with van der Waals surface area (Å²) in [5, 5.41) is 6.90. The predicted octanol–water partition coefficient (Wildman–Crippen LogP) is 0.313. The number of nitrogen functional groups attached to an aromatic ring is 1. The van der Waals surface area contributed by atoms with E-state index in [0.29, 0.717) is 12.2 Å². The van der Waals surface area contributed by atoms with Crippen LogP contribution in [0, 0.1) is 5.92 Å². The molecule has 1 saturated heterocycles. The van der Waals surface area contributed by atoms with Gasteiger partial charge in [-0.05, 0) is 31.8 Å². The maximum atomic E-state index is 11.7. The van der Waals surface area contributed by atoms with E-state index in [1.165, 1.54) is 12.8 Å². The fourth-order valence-corrected chi connectivity index (χ4v) is 2.31. The second-order valence-corrected chi connectivity index (χ2v) is 5.35. The molecule has 1 aromatic rings. The summed E-state index contributed by atoms with van der Waals surface area (Å²) in [6, 6.07) is 0. The number of carbonyl (C=O) groups is 1. The zero-order valence-electron chi connectivity index (χ0n) is 11.5. The fourth-order valence-electron chi connectivity index (χ4n) is 2.31.